The number of nitrogens with one attached hydrogen (secondary N) is 1. The Kier molecular flexibility index (Phi) is 7.67. The Morgan fingerprint density at radius 2 is 1.57 bits per heavy atom. The minimum absolute atomic E-state index is 0.00714. The second-order valence-corrected chi connectivity index (χ2v) is 7.97. The lowest BCUT2D eigenvalue weighted by molar-refractivity contribution is -0.112. The maximum atomic E-state index is 13.4. The highest BCUT2D eigenvalue weighted by atomic mass is 19.1. The van der Waals surface area contributed by atoms with Crippen molar-refractivity contribution < 1.29 is 13.9 Å². The first-order valence-corrected chi connectivity index (χ1v) is 11.1. The molecule has 0 aliphatic carbocycles. The molecular weight excluding hydrogens is 439 g/mol. The minimum atomic E-state index is -0.491. The SMILES string of the molecule is N#C/C(=C\c1ccc(Cc2cccc(F)c2)cc1)C(=O)Nc1ccc(OCc2ccccc2)cc1. The second kappa shape index (κ2) is 11.4. The predicted octanol–water partition coefficient (Wildman–Crippen LogP) is 6.54. The second-order valence-electron chi connectivity index (χ2n) is 7.97. The summed E-state index contributed by atoms with van der Waals surface area (Å²) in [7, 11) is 0. The highest BCUT2D eigenvalue weighted by Crippen LogP contribution is 2.19. The van der Waals surface area contributed by atoms with Crippen molar-refractivity contribution in [1.29, 1.82) is 5.26 Å². The van der Waals surface area contributed by atoms with Crippen molar-refractivity contribution in [3.63, 3.8) is 0 Å². The summed E-state index contributed by atoms with van der Waals surface area (Å²) in [5.41, 5.74) is 4.23. The van der Waals surface area contributed by atoms with E-state index in [0.29, 0.717) is 24.5 Å². The third kappa shape index (κ3) is 6.89. The molecule has 0 radical (unpaired) electrons. The topological polar surface area (TPSA) is 62.1 Å². The average molecular weight is 463 g/mol. The lowest BCUT2D eigenvalue weighted by atomic mass is 10.0. The number of halogens is 1. The van der Waals surface area contributed by atoms with E-state index in [1.54, 1.807) is 36.4 Å². The Morgan fingerprint density at radius 3 is 2.26 bits per heavy atom. The van der Waals surface area contributed by atoms with Gasteiger partial charge in [0.1, 0.15) is 29.8 Å². The van der Waals surface area contributed by atoms with Gasteiger partial charge in [-0.1, -0.05) is 66.7 Å². The van der Waals surface area contributed by atoms with E-state index < -0.39 is 5.91 Å². The number of amides is 1. The molecule has 0 saturated heterocycles. The van der Waals surface area contributed by atoms with Crippen molar-refractivity contribution in [1.82, 2.24) is 0 Å². The summed E-state index contributed by atoms with van der Waals surface area (Å²) < 4.78 is 19.1. The fraction of sp³-hybridized carbons (Fsp3) is 0.0667. The molecule has 1 N–H and O–H groups in total. The molecule has 0 aliphatic rings. The highest BCUT2D eigenvalue weighted by molar-refractivity contribution is 6.09. The molecule has 0 bridgehead atoms. The van der Waals surface area contributed by atoms with Crippen molar-refractivity contribution in [2.75, 3.05) is 5.32 Å². The van der Waals surface area contributed by atoms with Crippen LogP contribution in [-0.2, 0) is 17.8 Å². The van der Waals surface area contributed by atoms with Crippen LogP contribution in [0.2, 0.25) is 0 Å². The van der Waals surface area contributed by atoms with Gasteiger partial charge in [0.25, 0.3) is 5.91 Å². The van der Waals surface area contributed by atoms with Gasteiger partial charge in [-0.3, -0.25) is 4.79 Å². The molecule has 4 aromatic rings. The molecule has 0 spiro atoms. The molecule has 0 atom stereocenters. The van der Waals surface area contributed by atoms with Crippen molar-refractivity contribution in [2.45, 2.75) is 13.0 Å². The van der Waals surface area contributed by atoms with Crippen LogP contribution in [-0.4, -0.2) is 5.91 Å². The Hall–Kier alpha value is -4.69. The number of ether oxygens (including phenoxy) is 1. The van der Waals surface area contributed by atoms with Gasteiger partial charge in [-0.05, 0) is 71.1 Å². The standard InChI is InChI=1S/C30H23FN2O2/c31-27-8-4-7-25(19-27)17-22-9-11-23(12-10-22)18-26(20-32)30(34)33-28-13-15-29(16-14-28)35-21-24-5-2-1-3-6-24/h1-16,18-19H,17,21H2,(H,33,34)/b26-18+. The monoisotopic (exact) mass is 462 g/mol. The molecule has 4 aromatic carbocycles. The zero-order valence-corrected chi connectivity index (χ0v) is 18.9. The fourth-order valence-corrected chi connectivity index (χ4v) is 3.50. The number of hydrogen-bond acceptors (Lipinski definition) is 3. The fourth-order valence-electron chi connectivity index (χ4n) is 3.50. The van der Waals surface area contributed by atoms with Crippen LogP contribution in [0.3, 0.4) is 0 Å². The van der Waals surface area contributed by atoms with E-state index in [1.807, 2.05) is 66.7 Å². The van der Waals surface area contributed by atoms with Crippen LogP contribution in [0.4, 0.5) is 10.1 Å². The van der Waals surface area contributed by atoms with Gasteiger partial charge in [-0.15, -0.1) is 0 Å². The summed E-state index contributed by atoms with van der Waals surface area (Å²) in [6.07, 6.45) is 2.14. The van der Waals surface area contributed by atoms with Gasteiger partial charge in [0.15, 0.2) is 0 Å². The third-order valence-electron chi connectivity index (χ3n) is 5.31. The van der Waals surface area contributed by atoms with Crippen LogP contribution in [0, 0.1) is 17.1 Å². The molecule has 0 heterocycles. The first kappa shape index (κ1) is 23.5. The Bertz CT molecular complexity index is 1360. The molecule has 0 saturated carbocycles. The van der Waals surface area contributed by atoms with Crippen LogP contribution >= 0.6 is 0 Å². The van der Waals surface area contributed by atoms with E-state index in [4.69, 9.17) is 4.74 Å². The highest BCUT2D eigenvalue weighted by Gasteiger charge is 2.10. The maximum absolute atomic E-state index is 13.4. The number of anilines is 1. The molecule has 4 rings (SSSR count). The number of nitriles is 1. The summed E-state index contributed by atoms with van der Waals surface area (Å²) in [6.45, 7) is 0.453. The van der Waals surface area contributed by atoms with Gasteiger partial charge in [-0.25, -0.2) is 4.39 Å². The zero-order chi connectivity index (χ0) is 24.5. The first-order chi connectivity index (χ1) is 17.1. The summed E-state index contributed by atoms with van der Waals surface area (Å²) in [6, 6.07) is 32.8. The average Bonchev–Trinajstić information content (AvgIpc) is 2.88. The Balaban J connectivity index is 1.35. The van der Waals surface area contributed by atoms with Gasteiger partial charge in [0.2, 0.25) is 0 Å². The Morgan fingerprint density at radius 1 is 0.857 bits per heavy atom. The molecular formula is C30H23FN2O2. The maximum Gasteiger partial charge on any atom is 0.266 e. The molecule has 1 amide bonds. The van der Waals surface area contributed by atoms with Crippen molar-refractivity contribution >= 4 is 17.7 Å². The van der Waals surface area contributed by atoms with Crippen LogP contribution < -0.4 is 10.1 Å². The van der Waals surface area contributed by atoms with E-state index in [2.05, 4.69) is 5.32 Å². The van der Waals surface area contributed by atoms with Crippen molar-refractivity contribution in [2.24, 2.45) is 0 Å². The zero-order valence-electron chi connectivity index (χ0n) is 18.9. The first-order valence-electron chi connectivity index (χ1n) is 11.1. The largest absolute Gasteiger partial charge is 0.489 e. The molecule has 0 unspecified atom stereocenters. The number of benzene rings is 4. The smallest absolute Gasteiger partial charge is 0.266 e. The number of hydrogen-bond donors (Lipinski definition) is 1. The van der Waals surface area contributed by atoms with E-state index in [9.17, 15) is 14.4 Å². The molecule has 4 nitrogen and oxygen atoms in total. The van der Waals surface area contributed by atoms with Crippen molar-refractivity contribution in [3.8, 4) is 11.8 Å². The lowest BCUT2D eigenvalue weighted by Gasteiger charge is -2.08. The quantitative estimate of drug-likeness (QED) is 0.239. The van der Waals surface area contributed by atoms with E-state index in [-0.39, 0.29) is 11.4 Å². The summed E-state index contributed by atoms with van der Waals surface area (Å²) >= 11 is 0. The van der Waals surface area contributed by atoms with Gasteiger partial charge in [0.05, 0.1) is 0 Å². The molecule has 172 valence electrons. The number of carbonyl (C=O) groups is 1. The van der Waals surface area contributed by atoms with Crippen LogP contribution in [0.15, 0.2) is 109 Å². The Labute approximate surface area is 203 Å². The van der Waals surface area contributed by atoms with Gasteiger partial charge in [-0.2, -0.15) is 5.26 Å². The third-order valence-corrected chi connectivity index (χ3v) is 5.31. The van der Waals surface area contributed by atoms with E-state index in [1.165, 1.54) is 12.1 Å². The summed E-state index contributed by atoms with van der Waals surface area (Å²) in [4.78, 5) is 12.6. The molecule has 35 heavy (non-hydrogen) atoms. The number of rotatable bonds is 8. The van der Waals surface area contributed by atoms with Gasteiger partial charge < -0.3 is 10.1 Å². The molecule has 5 heteroatoms. The van der Waals surface area contributed by atoms with Gasteiger partial charge >= 0.3 is 0 Å². The number of nitrogens with zero attached hydrogens (tertiary/aromatic N) is 1. The van der Waals surface area contributed by atoms with Crippen molar-refractivity contribution in [3.05, 3.63) is 137 Å². The van der Waals surface area contributed by atoms with E-state index in [0.717, 1.165) is 22.3 Å². The molecule has 0 aliphatic heterocycles. The van der Waals surface area contributed by atoms with Gasteiger partial charge in [0, 0.05) is 5.69 Å². The normalized spacial score (nSPS) is 10.9. The predicted molar refractivity (Wildman–Crippen MR) is 135 cm³/mol. The van der Waals surface area contributed by atoms with Crippen LogP contribution in [0.1, 0.15) is 22.3 Å². The summed E-state index contributed by atoms with van der Waals surface area (Å²) in [5.74, 6) is -0.0726. The van der Waals surface area contributed by atoms with Crippen LogP contribution in [0.5, 0.6) is 5.75 Å². The molecule has 0 aromatic heterocycles. The van der Waals surface area contributed by atoms with Crippen LogP contribution in [0.25, 0.3) is 6.08 Å². The molecule has 0 fully saturated rings. The number of carbonyl (C=O) groups excluding carboxylic acids is 1. The lowest BCUT2D eigenvalue weighted by Crippen LogP contribution is -2.13. The van der Waals surface area contributed by atoms with E-state index >= 15 is 0 Å². The minimum Gasteiger partial charge on any atom is -0.489 e. The summed E-state index contributed by atoms with van der Waals surface area (Å²) in [5, 5.41) is 12.2.